The Morgan fingerprint density at radius 2 is 1.39 bits per heavy atom. The second-order valence-electron chi connectivity index (χ2n) is 19.0. The topological polar surface area (TPSA) is 55.7 Å². The predicted molar refractivity (Wildman–Crippen MR) is 264 cm³/mol. The number of para-hydroxylation sites is 3. The fraction of sp³-hybridized carbons (Fsp3) is 0.362. The lowest BCUT2D eigenvalue weighted by Gasteiger charge is -2.27. The van der Waals surface area contributed by atoms with Crippen molar-refractivity contribution in [3.8, 4) is 11.8 Å². The zero-order valence-corrected chi connectivity index (χ0v) is 38.7. The van der Waals surface area contributed by atoms with Crippen LogP contribution in [0.15, 0.2) is 144 Å². The monoisotopic (exact) mass is 850 g/mol. The van der Waals surface area contributed by atoms with E-state index in [1.165, 1.54) is 45.1 Å². The lowest BCUT2D eigenvalue weighted by atomic mass is 9.81. The summed E-state index contributed by atoms with van der Waals surface area (Å²) in [5, 5.41) is 3.13. The van der Waals surface area contributed by atoms with E-state index in [-0.39, 0.29) is 22.6 Å². The van der Waals surface area contributed by atoms with Crippen molar-refractivity contribution in [3.05, 3.63) is 172 Å². The number of unbranched alkanes of at least 4 members (excludes halogenated alkanes) is 4. The van der Waals surface area contributed by atoms with Crippen molar-refractivity contribution in [1.29, 1.82) is 0 Å². The fourth-order valence-corrected chi connectivity index (χ4v) is 10.2. The molecule has 328 valence electrons. The molecule has 2 amide bonds. The number of nitrogens with one attached hydrogen (secondary N) is 1. The van der Waals surface area contributed by atoms with E-state index in [9.17, 15) is 9.59 Å². The summed E-state index contributed by atoms with van der Waals surface area (Å²) in [4.78, 5) is 30.8. The Labute approximate surface area is 382 Å². The third-order valence-corrected chi connectivity index (χ3v) is 13.8. The molecule has 3 aliphatic heterocycles. The third kappa shape index (κ3) is 9.65. The van der Waals surface area contributed by atoms with Gasteiger partial charge >= 0.3 is 0 Å². The molecular weight excluding hydrogens is 785 g/mol. The molecule has 64 heavy (non-hydrogen) atoms. The van der Waals surface area contributed by atoms with Gasteiger partial charge in [-0.1, -0.05) is 123 Å². The minimum atomic E-state index is -0.106. The van der Waals surface area contributed by atoms with Crippen LogP contribution in [0.5, 0.6) is 0 Å². The molecule has 0 saturated heterocycles. The summed E-state index contributed by atoms with van der Waals surface area (Å²) in [5.74, 6) is 6.79. The van der Waals surface area contributed by atoms with E-state index in [1.54, 1.807) is 0 Å². The van der Waals surface area contributed by atoms with Crippen LogP contribution in [-0.4, -0.2) is 42.2 Å². The molecule has 3 heterocycles. The van der Waals surface area contributed by atoms with Crippen LogP contribution in [0, 0.1) is 11.8 Å². The van der Waals surface area contributed by atoms with Crippen molar-refractivity contribution in [3.63, 3.8) is 0 Å². The van der Waals surface area contributed by atoms with E-state index < -0.39 is 0 Å². The van der Waals surface area contributed by atoms with Crippen molar-refractivity contribution in [1.82, 2.24) is 5.32 Å². The fourth-order valence-electron chi connectivity index (χ4n) is 10.2. The molecule has 6 nitrogen and oxygen atoms in total. The Hall–Kier alpha value is -6.19. The van der Waals surface area contributed by atoms with Crippen LogP contribution in [0.2, 0.25) is 0 Å². The first-order valence-corrected chi connectivity index (χ1v) is 23.7. The second-order valence-corrected chi connectivity index (χ2v) is 19.0. The zero-order valence-electron chi connectivity index (χ0n) is 38.7. The number of allylic oxidation sites excluding steroid dienone is 8. The highest BCUT2D eigenvalue weighted by Crippen LogP contribution is 2.48. The minimum Gasteiger partial charge on any atom is -0.356 e. The molecule has 4 aromatic rings. The van der Waals surface area contributed by atoms with Gasteiger partial charge in [0.15, 0.2) is 5.71 Å². The van der Waals surface area contributed by atoms with E-state index in [4.69, 9.17) is 0 Å². The zero-order chi connectivity index (χ0) is 44.7. The molecule has 0 fully saturated rings. The predicted octanol–water partition coefficient (Wildman–Crippen LogP) is 12.2. The quantitative estimate of drug-likeness (QED) is 0.0736. The van der Waals surface area contributed by atoms with E-state index in [0.717, 1.165) is 86.7 Å². The lowest BCUT2D eigenvalue weighted by molar-refractivity contribution is -0.401. The Morgan fingerprint density at radius 3 is 2.22 bits per heavy atom. The van der Waals surface area contributed by atoms with E-state index in [1.807, 2.05) is 47.4 Å². The molecule has 0 aromatic heterocycles. The van der Waals surface area contributed by atoms with Gasteiger partial charge in [-0.3, -0.25) is 9.59 Å². The number of nitrogens with zero attached hydrogens (tertiary/aromatic N) is 3. The maximum atomic E-state index is 13.5. The molecule has 4 aromatic carbocycles. The maximum absolute atomic E-state index is 13.5. The summed E-state index contributed by atoms with van der Waals surface area (Å²) in [6.45, 7) is 11.4. The standard InChI is InChI=1S/C58H64N4O2/c1-57(2)48-26-13-16-29-51(48)60(5)53(57)37-33-43-21-20-22-44(41-43)34-38-54-58(3,4)49-27-14-17-30-52(49)61(54)40-19-7-8-31-55(63)59-39-18-6-9-32-56(64)62-42-47-25-11-10-23-45(47)35-36-46-24-12-15-28-50(46)62/h10-17,23-30,33-34,37-38,41H,6-9,18-22,31-32,39-40,42H2,1-5H3/p+1. The number of carbonyl (C=O) groups is 2. The molecule has 6 heteroatoms. The van der Waals surface area contributed by atoms with Crippen LogP contribution >= 0.6 is 0 Å². The second kappa shape index (κ2) is 19.7. The molecule has 0 atom stereocenters. The van der Waals surface area contributed by atoms with Gasteiger partial charge in [0.2, 0.25) is 17.5 Å². The lowest BCUT2D eigenvalue weighted by Crippen LogP contribution is -2.31. The number of amides is 2. The van der Waals surface area contributed by atoms with Gasteiger partial charge in [-0.15, -0.1) is 0 Å². The number of benzene rings is 4. The highest BCUT2D eigenvalue weighted by molar-refractivity contribution is 6.03. The summed E-state index contributed by atoms with van der Waals surface area (Å²) in [6, 6.07) is 33.6. The SMILES string of the molecule is C[N+]1=C(/C=C/C2=CC(=C/C=C3\N(CCCCCC(=O)NCCCCCC(=O)N4Cc5ccccc5C#Cc5ccccc54)c4ccccc4C3(C)C)/CCC2)C(C)(C)c2ccccc21. The molecule has 1 aliphatic carbocycles. The average molecular weight is 850 g/mol. The number of rotatable bonds is 15. The molecule has 1 N–H and O–H groups in total. The van der Waals surface area contributed by atoms with Crippen LogP contribution in [0.3, 0.4) is 0 Å². The Balaban J connectivity index is 0.797. The van der Waals surface area contributed by atoms with Gasteiger partial charge in [0.05, 0.1) is 17.6 Å². The van der Waals surface area contributed by atoms with Gasteiger partial charge in [-0.25, -0.2) is 0 Å². The largest absolute Gasteiger partial charge is 0.356 e. The van der Waals surface area contributed by atoms with Gasteiger partial charge in [0.1, 0.15) is 7.05 Å². The summed E-state index contributed by atoms with van der Waals surface area (Å²) < 4.78 is 2.35. The summed E-state index contributed by atoms with van der Waals surface area (Å²) in [7, 11) is 2.19. The Bertz CT molecular complexity index is 2620. The first-order chi connectivity index (χ1) is 31.0. The van der Waals surface area contributed by atoms with Crippen molar-refractivity contribution in [2.24, 2.45) is 0 Å². The highest BCUT2D eigenvalue weighted by atomic mass is 16.2. The van der Waals surface area contributed by atoms with Crippen LogP contribution in [0.1, 0.15) is 126 Å². The molecule has 8 rings (SSSR count). The minimum absolute atomic E-state index is 0.0299. The molecule has 0 radical (unpaired) electrons. The normalized spacial score (nSPS) is 18.2. The van der Waals surface area contributed by atoms with Crippen LogP contribution in [-0.2, 0) is 27.0 Å². The van der Waals surface area contributed by atoms with Gasteiger partial charge in [-0.05, 0) is 111 Å². The highest BCUT2D eigenvalue weighted by Gasteiger charge is 2.43. The average Bonchev–Trinajstić information content (AvgIpc) is 3.63. The molecule has 4 aliphatic rings. The van der Waals surface area contributed by atoms with E-state index in [0.29, 0.717) is 25.9 Å². The maximum Gasteiger partial charge on any atom is 0.227 e. The van der Waals surface area contributed by atoms with Gasteiger partial charge in [0.25, 0.3) is 0 Å². The third-order valence-electron chi connectivity index (χ3n) is 13.8. The Kier molecular flexibility index (Phi) is 13.7. The smallest absolute Gasteiger partial charge is 0.227 e. The first-order valence-electron chi connectivity index (χ1n) is 23.7. The number of fused-ring (bicyclic) bond motifs is 4. The first kappa shape index (κ1) is 44.4. The van der Waals surface area contributed by atoms with Gasteiger partial charge < -0.3 is 15.1 Å². The summed E-state index contributed by atoms with van der Waals surface area (Å²) in [5.41, 5.74) is 14.4. The van der Waals surface area contributed by atoms with Crippen LogP contribution in [0.4, 0.5) is 17.1 Å². The molecule has 0 bridgehead atoms. The molecule has 0 saturated carbocycles. The molecule has 0 unspecified atom stereocenters. The van der Waals surface area contributed by atoms with Crippen molar-refractivity contribution in [2.45, 2.75) is 116 Å². The van der Waals surface area contributed by atoms with Gasteiger partial charge in [-0.2, -0.15) is 4.58 Å². The summed E-state index contributed by atoms with van der Waals surface area (Å²) >= 11 is 0. The van der Waals surface area contributed by atoms with Crippen LogP contribution < -0.4 is 15.1 Å². The van der Waals surface area contributed by atoms with E-state index in [2.05, 4.69) is 146 Å². The van der Waals surface area contributed by atoms with Crippen LogP contribution in [0.25, 0.3) is 0 Å². The number of anilines is 2. The molecule has 0 spiro atoms. The molecular formula is C58H65N4O2+. The van der Waals surface area contributed by atoms with Crippen molar-refractivity contribution < 1.29 is 14.2 Å². The van der Waals surface area contributed by atoms with Crippen molar-refractivity contribution >= 4 is 34.6 Å². The number of hydrogen-bond donors (Lipinski definition) is 1. The summed E-state index contributed by atoms with van der Waals surface area (Å²) in [6.07, 6.45) is 21.6. The number of carbonyl (C=O) groups excluding carboxylic acids is 2. The number of hydrogen-bond acceptors (Lipinski definition) is 3. The Morgan fingerprint density at radius 1 is 0.703 bits per heavy atom. The van der Waals surface area contributed by atoms with E-state index >= 15 is 0 Å². The van der Waals surface area contributed by atoms with Gasteiger partial charge in [0, 0.05) is 71.6 Å². The van der Waals surface area contributed by atoms with Crippen molar-refractivity contribution in [2.75, 3.05) is 29.9 Å².